The van der Waals surface area contributed by atoms with Gasteiger partial charge in [0, 0.05) is 35.9 Å². The molecule has 9 heteroatoms. The second-order valence-electron chi connectivity index (χ2n) is 5.13. The lowest BCUT2D eigenvalue weighted by atomic mass is 10.3. The van der Waals surface area contributed by atoms with Gasteiger partial charge < -0.3 is 4.42 Å². The second kappa shape index (κ2) is 8.81. The summed E-state index contributed by atoms with van der Waals surface area (Å²) < 4.78 is 5.22. The zero-order valence-corrected chi connectivity index (χ0v) is 13.9. The maximum atomic E-state index is 12.0. The summed E-state index contributed by atoms with van der Waals surface area (Å²) in [5.74, 6) is -1.29. The fourth-order valence-electron chi connectivity index (χ4n) is 1.93. The number of nitrogens with zero attached hydrogens (tertiary/aromatic N) is 4. The first-order valence-electron chi connectivity index (χ1n) is 7.79. The highest BCUT2D eigenvalue weighted by molar-refractivity contribution is 5.96. The van der Waals surface area contributed by atoms with E-state index in [1.807, 2.05) is 0 Å². The Kier molecular flexibility index (Phi) is 5.77. The number of rotatable bonds is 6. The predicted octanol–water partition coefficient (Wildman–Crippen LogP) is 1.60. The van der Waals surface area contributed by atoms with Gasteiger partial charge in [0.2, 0.25) is 0 Å². The summed E-state index contributed by atoms with van der Waals surface area (Å²) in [5, 5.41) is 7.60. The molecule has 0 radical (unpaired) electrons. The van der Waals surface area contributed by atoms with Crippen LogP contribution in [0.4, 0.5) is 0 Å². The highest BCUT2D eigenvalue weighted by Crippen LogP contribution is 2.07. The first-order chi connectivity index (χ1) is 13.2. The Hall–Kier alpha value is -4.14. The van der Waals surface area contributed by atoms with Crippen molar-refractivity contribution < 1.29 is 14.0 Å². The lowest BCUT2D eigenvalue weighted by Gasteiger charge is -1.97. The van der Waals surface area contributed by atoms with Crippen LogP contribution >= 0.6 is 0 Å². The van der Waals surface area contributed by atoms with E-state index in [4.69, 9.17) is 4.42 Å². The van der Waals surface area contributed by atoms with E-state index in [0.717, 1.165) is 11.1 Å². The Morgan fingerprint density at radius 2 is 1.30 bits per heavy atom. The van der Waals surface area contributed by atoms with Crippen molar-refractivity contribution in [3.8, 4) is 0 Å². The van der Waals surface area contributed by atoms with Gasteiger partial charge in [0.25, 0.3) is 0 Å². The molecular weight excluding hydrogens is 348 g/mol. The predicted molar refractivity (Wildman–Crippen MR) is 97.3 cm³/mol. The van der Waals surface area contributed by atoms with Gasteiger partial charge in [0.05, 0.1) is 12.4 Å². The highest BCUT2D eigenvalue weighted by Gasteiger charge is 2.15. The average molecular weight is 362 g/mol. The van der Waals surface area contributed by atoms with E-state index >= 15 is 0 Å². The van der Waals surface area contributed by atoms with Crippen LogP contribution in [0.2, 0.25) is 0 Å². The van der Waals surface area contributed by atoms with Crippen LogP contribution in [0.25, 0.3) is 0 Å². The third kappa shape index (κ3) is 5.16. The molecule has 134 valence electrons. The van der Waals surface area contributed by atoms with E-state index in [1.54, 1.807) is 49.1 Å². The van der Waals surface area contributed by atoms with Gasteiger partial charge >= 0.3 is 11.8 Å². The topological polar surface area (TPSA) is 122 Å². The third-order valence-electron chi connectivity index (χ3n) is 3.18. The zero-order chi connectivity index (χ0) is 18.9. The van der Waals surface area contributed by atoms with E-state index in [1.165, 1.54) is 24.6 Å². The van der Waals surface area contributed by atoms with Gasteiger partial charge in [-0.1, -0.05) is 12.1 Å². The molecule has 3 aromatic rings. The SMILES string of the molecule is O=C(N/N=C/c1cccnc1)c1ccc(C(=O)N/N=C/c2cccnc2)o1. The maximum absolute atomic E-state index is 12.0. The van der Waals surface area contributed by atoms with Crippen molar-refractivity contribution in [1.29, 1.82) is 0 Å². The van der Waals surface area contributed by atoms with Gasteiger partial charge in [-0.2, -0.15) is 10.2 Å². The molecule has 27 heavy (non-hydrogen) atoms. The molecule has 9 nitrogen and oxygen atoms in total. The molecule has 0 saturated heterocycles. The summed E-state index contributed by atoms with van der Waals surface area (Å²) in [6.07, 6.45) is 9.33. The summed E-state index contributed by atoms with van der Waals surface area (Å²) in [7, 11) is 0. The molecule has 3 heterocycles. The number of hydrogen-bond donors (Lipinski definition) is 2. The number of hydrazone groups is 2. The minimum Gasteiger partial charge on any atom is -0.446 e. The van der Waals surface area contributed by atoms with Crippen molar-refractivity contribution in [3.63, 3.8) is 0 Å². The number of hydrogen-bond acceptors (Lipinski definition) is 7. The Balaban J connectivity index is 1.54. The normalized spacial score (nSPS) is 11.0. The van der Waals surface area contributed by atoms with Gasteiger partial charge in [-0.3, -0.25) is 19.6 Å². The highest BCUT2D eigenvalue weighted by atomic mass is 16.4. The lowest BCUT2D eigenvalue weighted by Crippen LogP contribution is -2.18. The van der Waals surface area contributed by atoms with E-state index in [0.29, 0.717) is 0 Å². The van der Waals surface area contributed by atoms with Crippen LogP contribution in [0.3, 0.4) is 0 Å². The van der Waals surface area contributed by atoms with Gasteiger partial charge in [-0.15, -0.1) is 0 Å². The molecule has 0 fully saturated rings. The fraction of sp³-hybridized carbons (Fsp3) is 0. The van der Waals surface area contributed by atoms with Crippen LogP contribution in [-0.2, 0) is 0 Å². The first-order valence-corrected chi connectivity index (χ1v) is 7.79. The summed E-state index contributed by atoms with van der Waals surface area (Å²) >= 11 is 0. The van der Waals surface area contributed by atoms with Crippen molar-refractivity contribution >= 4 is 24.2 Å². The Morgan fingerprint density at radius 1 is 0.815 bits per heavy atom. The number of furan rings is 1. The minimum atomic E-state index is -0.590. The van der Waals surface area contributed by atoms with E-state index in [9.17, 15) is 9.59 Å². The number of aromatic nitrogens is 2. The van der Waals surface area contributed by atoms with Gasteiger partial charge in [-0.25, -0.2) is 10.9 Å². The molecule has 0 aliphatic rings. The van der Waals surface area contributed by atoms with Crippen LogP contribution in [0, 0.1) is 0 Å². The lowest BCUT2D eigenvalue weighted by molar-refractivity contribution is 0.0902. The summed E-state index contributed by atoms with van der Waals surface area (Å²) in [4.78, 5) is 31.8. The Bertz CT molecular complexity index is 889. The number of amides is 2. The molecule has 0 saturated carbocycles. The smallest absolute Gasteiger partial charge is 0.307 e. The van der Waals surface area contributed by atoms with Crippen molar-refractivity contribution in [2.75, 3.05) is 0 Å². The van der Waals surface area contributed by atoms with Crippen LogP contribution in [0.15, 0.2) is 75.8 Å². The monoisotopic (exact) mass is 362 g/mol. The molecule has 0 aromatic carbocycles. The van der Waals surface area contributed by atoms with Crippen molar-refractivity contribution in [3.05, 3.63) is 83.8 Å². The Labute approximate surface area is 153 Å². The standard InChI is InChI=1S/C18H14N6O3/c25-17(23-21-11-13-3-1-7-19-9-13)15-5-6-16(27-15)18(26)24-22-12-14-4-2-8-20-10-14/h1-12H,(H,23,25)(H,24,26)/b21-11+,22-12+. The van der Waals surface area contributed by atoms with Crippen LogP contribution < -0.4 is 10.9 Å². The zero-order valence-electron chi connectivity index (χ0n) is 13.9. The van der Waals surface area contributed by atoms with Gasteiger partial charge in [0.15, 0.2) is 11.5 Å². The number of pyridine rings is 2. The van der Waals surface area contributed by atoms with Crippen LogP contribution in [0.1, 0.15) is 32.2 Å². The molecule has 0 bridgehead atoms. The molecule has 0 spiro atoms. The first kappa shape index (κ1) is 17.7. The fourth-order valence-corrected chi connectivity index (χ4v) is 1.93. The van der Waals surface area contributed by atoms with Gasteiger partial charge in [-0.05, 0) is 24.3 Å². The largest absolute Gasteiger partial charge is 0.446 e. The summed E-state index contributed by atoms with van der Waals surface area (Å²) in [6.45, 7) is 0. The average Bonchev–Trinajstić information content (AvgIpc) is 3.20. The molecule has 2 N–H and O–H groups in total. The van der Waals surface area contributed by atoms with E-state index in [2.05, 4.69) is 31.0 Å². The number of carbonyl (C=O) groups is 2. The second-order valence-corrected chi connectivity index (χ2v) is 5.13. The molecule has 0 aliphatic heterocycles. The van der Waals surface area contributed by atoms with Crippen molar-refractivity contribution in [2.45, 2.75) is 0 Å². The molecule has 0 atom stereocenters. The Morgan fingerprint density at radius 3 is 1.70 bits per heavy atom. The summed E-state index contributed by atoms with van der Waals surface area (Å²) in [5.41, 5.74) is 6.06. The van der Waals surface area contributed by atoms with Crippen molar-refractivity contribution in [1.82, 2.24) is 20.8 Å². The molecule has 0 unspecified atom stereocenters. The molecular formula is C18H14N6O3. The van der Waals surface area contributed by atoms with Crippen molar-refractivity contribution in [2.24, 2.45) is 10.2 Å². The van der Waals surface area contributed by atoms with Crippen LogP contribution in [0.5, 0.6) is 0 Å². The molecule has 3 aromatic heterocycles. The third-order valence-corrected chi connectivity index (χ3v) is 3.18. The summed E-state index contributed by atoms with van der Waals surface area (Å²) in [6, 6.07) is 9.80. The molecule has 2 amide bonds. The van der Waals surface area contributed by atoms with Gasteiger partial charge in [0.1, 0.15) is 0 Å². The molecule has 3 rings (SSSR count). The maximum Gasteiger partial charge on any atom is 0.307 e. The minimum absolute atomic E-state index is 0.0558. The number of carbonyl (C=O) groups excluding carboxylic acids is 2. The van der Waals surface area contributed by atoms with E-state index < -0.39 is 11.8 Å². The van der Waals surface area contributed by atoms with Crippen LogP contribution in [-0.4, -0.2) is 34.2 Å². The molecule has 0 aliphatic carbocycles. The van der Waals surface area contributed by atoms with E-state index in [-0.39, 0.29) is 11.5 Å². The number of nitrogens with one attached hydrogen (secondary N) is 2. The quantitative estimate of drug-likeness (QED) is 0.509.